The molecule has 43 heteroatoms. The summed E-state index contributed by atoms with van der Waals surface area (Å²) < 4.78 is 148. The number of benzene rings is 5. The number of nitrogens with one attached hydrogen (secondary N) is 3. The Balaban J connectivity index is 0.000000255. The third kappa shape index (κ3) is 24.8. The van der Waals surface area contributed by atoms with Gasteiger partial charge in [0.25, 0.3) is 11.4 Å². The lowest BCUT2D eigenvalue weighted by molar-refractivity contribution is -0.387. The number of nitro benzene ring substituents is 3. The molecule has 3 amide bonds. The van der Waals surface area contributed by atoms with E-state index in [4.69, 9.17) is 46.6 Å². The van der Waals surface area contributed by atoms with Gasteiger partial charge in [-0.15, -0.1) is 0 Å². The second-order valence-electron chi connectivity index (χ2n) is 28.6. The molecule has 0 unspecified atom stereocenters. The average molecular weight is 1720 g/mol. The molecule has 3 atom stereocenters. The lowest BCUT2D eigenvalue weighted by Crippen LogP contribution is -2.47. The number of morpholine rings is 3. The number of nitrogens with zero attached hydrogens (tertiary/aromatic N) is 9. The van der Waals surface area contributed by atoms with Crippen molar-refractivity contribution in [3.8, 4) is 11.5 Å². The van der Waals surface area contributed by atoms with Crippen LogP contribution in [-0.4, -0.2) is 229 Å². The SMILES string of the molecule is CC(=O)N1CCO[C@@H](CN)C1.CC(=O)N1CCO[C@@H](CNc2ccc(S(=O)(=O)CC(=O)c3ccc(N4CCN(CC5=C(c6ccc(C(F)(F)F)cc6Cl)CC(C)(C)CC5)CC4)cc3Oc3cnc4[nH]ccc4c3)cc2[N+](=O)[O-])C1.CC(=O)N1CCO[C@@H](CNc2ccc(S(N)(=O)=O)cc2[N+](=O)[O-])C1.NS(=O)(=O)c1ccc(F)c([N+](=O)[O-])c1. The lowest BCUT2D eigenvalue weighted by atomic mass is 9.72. The summed E-state index contributed by atoms with van der Waals surface area (Å²) in [5.41, 5.74) is 7.00. The molecule has 4 aliphatic heterocycles. The maximum atomic E-state index is 14.1. The topological polar surface area (TPSA) is 484 Å². The number of hydrogen-bond acceptors (Lipinski definition) is 26. The normalized spacial score (nSPS) is 18.0. The van der Waals surface area contributed by atoms with E-state index < -0.39 is 107 Å². The molecule has 0 saturated carbocycles. The van der Waals surface area contributed by atoms with Crippen LogP contribution in [0.1, 0.15) is 75.4 Å². The van der Waals surface area contributed by atoms with Gasteiger partial charge < -0.3 is 59.9 Å². The standard InChI is InChI=1S/C48H51ClF3N7O8S.C13H18N4O6S.C7H14N2O2.C6H5FN2O4S/c1-30(60)58-18-19-66-36(28-58)26-54-42-9-6-37(23-43(42)59(62)63)68(64,65)29-44(61)39-8-5-34(22-45(39)67-35-20-31-11-13-53-46(31)55-25-35)57-16-14-56(15-17-57)27-32-10-12-47(2,3)24-40(32)38-7-4-33(21-41(38)49)48(50,51)52;1-9(18)16-4-5-23-10(8-16)7-15-12-3-2-11(24(14,21)22)6-13(12)17(19)20;1-6(10)9-2-3-11-7(4-8)5-9;7-5-2-1-4(14(8,12)13)3-6(5)9(10)11/h4-9,11,13,20-23,25,36,54H,10,12,14-19,24,26-29H2,1-3H3,(H,53,55);2-3,6,10,15H,4-5,7-8H2,1H3,(H2,14,21,22);7H,2-5,8H2,1H3;1-3H,(H2,8,12,13)/t36-;10-;7-;/m000./s1. The van der Waals surface area contributed by atoms with E-state index in [1.165, 1.54) is 56.4 Å². The number of alkyl halides is 3. The zero-order chi connectivity index (χ0) is 85.6. The Morgan fingerprint density at radius 1 is 0.667 bits per heavy atom. The summed E-state index contributed by atoms with van der Waals surface area (Å²) in [6.45, 7) is 17.0. The van der Waals surface area contributed by atoms with Crippen molar-refractivity contribution in [2.45, 2.75) is 93.1 Å². The summed E-state index contributed by atoms with van der Waals surface area (Å²) >= 11 is 6.54. The van der Waals surface area contributed by atoms with Gasteiger partial charge >= 0.3 is 11.9 Å². The Kier molecular flexibility index (Phi) is 30.0. The number of sulfonamides is 2. The second-order valence-corrected chi connectivity index (χ2v) is 34.2. The van der Waals surface area contributed by atoms with E-state index in [1.807, 2.05) is 0 Å². The number of Topliss-reactive ketones (excluding diaryl/α,β-unsaturated/α-hetero) is 1. The first-order valence-corrected chi connectivity index (χ1v) is 41.5. The number of aromatic amines is 1. The number of ketones is 1. The minimum atomic E-state index is -4.50. The third-order valence-corrected chi connectivity index (χ3v) is 23.4. The number of fused-ring (bicyclic) bond motifs is 1. The molecule has 5 aromatic carbocycles. The predicted molar refractivity (Wildman–Crippen MR) is 423 cm³/mol. The van der Waals surface area contributed by atoms with Crippen LogP contribution in [0, 0.1) is 41.6 Å². The molecule has 5 aliphatic rings. The molecular weight excluding hydrogens is 1630 g/mol. The number of ether oxygens (including phenoxy) is 4. The fraction of sp³-hybridized carbons (Fsp3) is 0.419. The molecule has 1 aliphatic carbocycles. The van der Waals surface area contributed by atoms with E-state index in [-0.39, 0.29) is 81.0 Å². The Hall–Kier alpha value is -10.4. The van der Waals surface area contributed by atoms with E-state index in [9.17, 15) is 92.3 Å². The van der Waals surface area contributed by atoms with Crippen LogP contribution in [0.3, 0.4) is 0 Å². The molecule has 0 bridgehead atoms. The number of aromatic nitrogens is 2. The maximum absolute atomic E-state index is 14.1. The van der Waals surface area contributed by atoms with Crippen molar-refractivity contribution in [1.82, 2.24) is 29.6 Å². The van der Waals surface area contributed by atoms with Crippen LogP contribution in [0.5, 0.6) is 11.5 Å². The summed E-state index contributed by atoms with van der Waals surface area (Å²) in [5, 5.41) is 49.9. The molecule has 9 N–H and O–H groups in total. The first-order valence-electron chi connectivity index (χ1n) is 36.4. The molecule has 12 rings (SSSR count). The molecule has 4 fully saturated rings. The predicted octanol–water partition coefficient (Wildman–Crippen LogP) is 8.51. The van der Waals surface area contributed by atoms with Crippen molar-refractivity contribution < 1.29 is 95.7 Å². The molecule has 117 heavy (non-hydrogen) atoms. The van der Waals surface area contributed by atoms with Gasteiger partial charge in [0.05, 0.1) is 84.9 Å². The van der Waals surface area contributed by atoms with Crippen LogP contribution >= 0.6 is 11.6 Å². The van der Waals surface area contributed by atoms with Gasteiger partial charge in [-0.2, -0.15) is 17.6 Å². The van der Waals surface area contributed by atoms with Crippen LogP contribution in [0.25, 0.3) is 16.6 Å². The van der Waals surface area contributed by atoms with Gasteiger partial charge in [-0.25, -0.2) is 40.5 Å². The number of hydrogen-bond donors (Lipinski definition) is 6. The van der Waals surface area contributed by atoms with Crippen molar-refractivity contribution in [3.05, 3.63) is 179 Å². The Labute approximate surface area is 675 Å². The number of primary sulfonamides is 2. The number of pyridine rings is 1. The highest BCUT2D eigenvalue weighted by molar-refractivity contribution is 7.92. The monoisotopic (exact) mass is 1710 g/mol. The summed E-state index contributed by atoms with van der Waals surface area (Å²) in [6, 6.07) is 20.9. The molecule has 4 saturated heterocycles. The number of carbonyl (C=O) groups is 4. The molecule has 0 radical (unpaired) electrons. The number of anilines is 3. The van der Waals surface area contributed by atoms with Crippen LogP contribution in [0.4, 0.5) is 51.7 Å². The second kappa shape index (κ2) is 38.8. The summed E-state index contributed by atoms with van der Waals surface area (Å²) in [6.07, 6.45) is 0.363. The van der Waals surface area contributed by atoms with Crippen molar-refractivity contribution in [2.75, 3.05) is 133 Å². The van der Waals surface area contributed by atoms with Crippen molar-refractivity contribution in [2.24, 2.45) is 21.4 Å². The molecule has 632 valence electrons. The number of carbonyl (C=O) groups excluding carboxylic acids is 4. The molecular formula is C74H88ClF4N15O20S3. The molecule has 7 aromatic rings. The largest absolute Gasteiger partial charge is 0.455 e. The number of amides is 3. The minimum Gasteiger partial charge on any atom is -0.455 e. The average Bonchev–Trinajstić information content (AvgIpc) is 0.956. The maximum Gasteiger partial charge on any atom is 0.416 e. The van der Waals surface area contributed by atoms with Gasteiger partial charge in [-0.1, -0.05) is 37.1 Å². The Morgan fingerprint density at radius 3 is 1.69 bits per heavy atom. The number of halogens is 5. The van der Waals surface area contributed by atoms with Gasteiger partial charge in [0.2, 0.25) is 43.6 Å². The summed E-state index contributed by atoms with van der Waals surface area (Å²) in [7, 11) is -12.5. The van der Waals surface area contributed by atoms with Crippen LogP contribution < -0.4 is 36.3 Å². The van der Waals surface area contributed by atoms with Gasteiger partial charge in [0.1, 0.15) is 34.3 Å². The Morgan fingerprint density at radius 2 is 1.18 bits per heavy atom. The third-order valence-electron chi connectivity index (χ3n) is 19.7. The molecule has 6 heterocycles. The van der Waals surface area contributed by atoms with E-state index in [0.717, 1.165) is 65.4 Å². The fourth-order valence-electron chi connectivity index (χ4n) is 13.3. The van der Waals surface area contributed by atoms with Gasteiger partial charge in [0, 0.05) is 159 Å². The number of nitro groups is 3. The van der Waals surface area contributed by atoms with Crippen molar-refractivity contribution >= 4 is 116 Å². The van der Waals surface area contributed by atoms with Crippen LogP contribution in [-0.2, 0) is 64.7 Å². The van der Waals surface area contributed by atoms with Gasteiger partial charge in [-0.05, 0) is 109 Å². The van der Waals surface area contributed by atoms with E-state index >= 15 is 0 Å². The van der Waals surface area contributed by atoms with E-state index in [0.29, 0.717) is 134 Å². The van der Waals surface area contributed by atoms with Crippen LogP contribution in [0.15, 0.2) is 136 Å². The number of rotatable bonds is 22. The van der Waals surface area contributed by atoms with Gasteiger partial charge in [0.15, 0.2) is 15.6 Å². The summed E-state index contributed by atoms with van der Waals surface area (Å²) in [4.78, 5) is 94.9. The fourth-order valence-corrected chi connectivity index (χ4v) is 15.9. The lowest BCUT2D eigenvalue weighted by Gasteiger charge is -2.39. The number of nitrogens with two attached hydrogens (primary N) is 3. The summed E-state index contributed by atoms with van der Waals surface area (Å²) in [5.74, 6) is -2.60. The van der Waals surface area contributed by atoms with E-state index in [2.05, 4.69) is 44.2 Å². The number of H-pyrrole nitrogens is 1. The molecule has 0 spiro atoms. The quantitative estimate of drug-likeness (QED) is 0.0160. The molecule has 35 nitrogen and oxygen atoms in total. The number of sulfone groups is 1. The number of piperazine rings is 1. The van der Waals surface area contributed by atoms with Crippen molar-refractivity contribution in [1.29, 1.82) is 0 Å². The first-order chi connectivity index (χ1) is 55.0. The van der Waals surface area contributed by atoms with E-state index in [1.54, 1.807) is 52.1 Å². The molecule has 2 aromatic heterocycles. The van der Waals surface area contributed by atoms with Gasteiger partial charge in [-0.3, -0.25) is 54.4 Å². The van der Waals surface area contributed by atoms with Crippen molar-refractivity contribution in [3.63, 3.8) is 0 Å². The zero-order valence-corrected chi connectivity index (χ0v) is 67.3. The highest BCUT2D eigenvalue weighted by Crippen LogP contribution is 2.46. The van der Waals surface area contributed by atoms with Crippen LogP contribution in [0.2, 0.25) is 5.02 Å². The highest BCUT2D eigenvalue weighted by Gasteiger charge is 2.36. The Bertz CT molecular complexity index is 5270. The zero-order valence-electron chi connectivity index (χ0n) is 64.1. The highest BCUT2D eigenvalue weighted by atomic mass is 35.5. The minimum absolute atomic E-state index is 0.0217. The number of allylic oxidation sites excluding steroid dienone is 1. The smallest absolute Gasteiger partial charge is 0.416 e. The first kappa shape index (κ1) is 90.5.